The van der Waals surface area contributed by atoms with Gasteiger partial charge in [-0.25, -0.2) is 9.42 Å². The summed E-state index contributed by atoms with van der Waals surface area (Å²) in [5.74, 6) is -0.772. The predicted molar refractivity (Wildman–Crippen MR) is 90.8 cm³/mol. The average Bonchev–Trinajstić information content (AvgIpc) is 3.12. The fourth-order valence-corrected chi connectivity index (χ4v) is 2.49. The first-order valence-electron chi connectivity index (χ1n) is 8.25. The van der Waals surface area contributed by atoms with Crippen molar-refractivity contribution in [1.29, 1.82) is 0 Å². The van der Waals surface area contributed by atoms with Crippen LogP contribution < -0.4 is 5.32 Å². The highest BCUT2D eigenvalue weighted by Crippen LogP contribution is 2.18. The lowest BCUT2D eigenvalue weighted by atomic mass is 9.99. The van der Waals surface area contributed by atoms with E-state index in [1.165, 1.54) is 0 Å². The molecule has 0 spiro atoms. The van der Waals surface area contributed by atoms with Crippen LogP contribution in [0.15, 0.2) is 34.1 Å². The summed E-state index contributed by atoms with van der Waals surface area (Å²) >= 11 is 0. The Labute approximate surface area is 149 Å². The van der Waals surface area contributed by atoms with Gasteiger partial charge in [-0.1, -0.05) is 10.3 Å². The van der Waals surface area contributed by atoms with Crippen molar-refractivity contribution in [2.45, 2.75) is 26.2 Å². The molecule has 0 fully saturated rings. The van der Waals surface area contributed by atoms with Gasteiger partial charge in [0.2, 0.25) is 0 Å². The Bertz CT molecular complexity index is 813. The molecule has 26 heavy (non-hydrogen) atoms. The Hall–Kier alpha value is -3.23. The SMILES string of the molecule is CCOC(=O)c1ccc(NC(=O)CO/N=C2\CCCc3nonc32)cc1. The summed E-state index contributed by atoms with van der Waals surface area (Å²) < 4.78 is 9.60. The molecule has 0 saturated carbocycles. The van der Waals surface area contributed by atoms with E-state index < -0.39 is 5.97 Å². The molecule has 1 aromatic heterocycles. The highest BCUT2D eigenvalue weighted by Gasteiger charge is 2.21. The van der Waals surface area contributed by atoms with Gasteiger partial charge in [0.15, 0.2) is 12.3 Å². The third-order valence-corrected chi connectivity index (χ3v) is 3.71. The third kappa shape index (κ3) is 4.24. The molecule has 0 saturated heterocycles. The smallest absolute Gasteiger partial charge is 0.338 e. The van der Waals surface area contributed by atoms with E-state index in [1.807, 2.05) is 0 Å². The van der Waals surface area contributed by atoms with Crippen LogP contribution in [-0.4, -0.2) is 41.1 Å². The van der Waals surface area contributed by atoms with Crippen LogP contribution >= 0.6 is 0 Å². The van der Waals surface area contributed by atoms with Crippen LogP contribution in [0.5, 0.6) is 0 Å². The summed E-state index contributed by atoms with van der Waals surface area (Å²) in [4.78, 5) is 28.6. The zero-order valence-electron chi connectivity index (χ0n) is 14.2. The van der Waals surface area contributed by atoms with Crippen LogP contribution in [-0.2, 0) is 20.8 Å². The molecule has 2 aromatic rings. The van der Waals surface area contributed by atoms with Gasteiger partial charge in [-0.05, 0) is 55.6 Å². The number of aryl methyl sites for hydroxylation is 1. The molecule has 1 aliphatic rings. The Kier molecular flexibility index (Phi) is 5.57. The van der Waals surface area contributed by atoms with Gasteiger partial charge in [0, 0.05) is 5.69 Å². The summed E-state index contributed by atoms with van der Waals surface area (Å²) in [5, 5.41) is 14.2. The predicted octanol–water partition coefficient (Wildman–Crippen LogP) is 1.94. The van der Waals surface area contributed by atoms with Crippen molar-refractivity contribution < 1.29 is 23.8 Å². The minimum Gasteiger partial charge on any atom is -0.462 e. The van der Waals surface area contributed by atoms with E-state index in [2.05, 4.69) is 20.8 Å². The number of carbonyl (C=O) groups excluding carboxylic acids is 2. The van der Waals surface area contributed by atoms with Crippen molar-refractivity contribution in [2.75, 3.05) is 18.5 Å². The lowest BCUT2D eigenvalue weighted by Crippen LogP contribution is -2.18. The number of hydrogen-bond donors (Lipinski definition) is 1. The van der Waals surface area contributed by atoms with Crippen molar-refractivity contribution in [2.24, 2.45) is 5.16 Å². The maximum Gasteiger partial charge on any atom is 0.338 e. The number of esters is 1. The first-order valence-corrected chi connectivity index (χ1v) is 8.25. The van der Waals surface area contributed by atoms with Crippen molar-refractivity contribution in [1.82, 2.24) is 10.3 Å². The van der Waals surface area contributed by atoms with Crippen LogP contribution in [0.25, 0.3) is 0 Å². The van der Waals surface area contributed by atoms with Crippen molar-refractivity contribution >= 4 is 23.3 Å². The third-order valence-electron chi connectivity index (χ3n) is 3.71. The maximum absolute atomic E-state index is 11.9. The fraction of sp³-hybridized carbons (Fsp3) is 0.353. The number of carbonyl (C=O) groups is 2. The first kappa shape index (κ1) is 17.6. The molecule has 1 amide bonds. The summed E-state index contributed by atoms with van der Waals surface area (Å²) in [6, 6.07) is 6.39. The van der Waals surface area contributed by atoms with Crippen LogP contribution in [0, 0.1) is 0 Å². The van der Waals surface area contributed by atoms with E-state index in [-0.39, 0.29) is 12.5 Å². The van der Waals surface area contributed by atoms with E-state index in [1.54, 1.807) is 31.2 Å². The van der Waals surface area contributed by atoms with E-state index in [4.69, 9.17) is 14.2 Å². The van der Waals surface area contributed by atoms with Gasteiger partial charge in [0.1, 0.15) is 11.4 Å². The van der Waals surface area contributed by atoms with E-state index in [0.29, 0.717) is 35.7 Å². The minimum atomic E-state index is -0.404. The first-order chi connectivity index (χ1) is 12.7. The average molecular weight is 358 g/mol. The topological polar surface area (TPSA) is 116 Å². The monoisotopic (exact) mass is 358 g/mol. The largest absolute Gasteiger partial charge is 0.462 e. The zero-order chi connectivity index (χ0) is 18.4. The molecule has 0 atom stereocenters. The van der Waals surface area contributed by atoms with Crippen molar-refractivity contribution in [3.05, 3.63) is 41.2 Å². The van der Waals surface area contributed by atoms with Gasteiger partial charge in [-0.2, -0.15) is 0 Å². The lowest BCUT2D eigenvalue weighted by molar-refractivity contribution is -0.120. The molecule has 1 aliphatic carbocycles. The minimum absolute atomic E-state index is 0.246. The Morgan fingerprint density at radius 1 is 1.23 bits per heavy atom. The number of oxime groups is 1. The molecular formula is C17H18N4O5. The summed E-state index contributed by atoms with van der Waals surface area (Å²) in [7, 11) is 0. The number of rotatable bonds is 6. The van der Waals surface area contributed by atoms with Gasteiger partial charge < -0.3 is 14.9 Å². The van der Waals surface area contributed by atoms with E-state index in [0.717, 1.165) is 18.5 Å². The van der Waals surface area contributed by atoms with Crippen LogP contribution in [0.1, 0.15) is 41.5 Å². The second kappa shape index (κ2) is 8.24. The van der Waals surface area contributed by atoms with E-state index >= 15 is 0 Å². The number of anilines is 1. The molecule has 0 unspecified atom stereocenters. The quantitative estimate of drug-likeness (QED) is 0.619. The molecule has 1 N–H and O–H groups in total. The van der Waals surface area contributed by atoms with Gasteiger partial charge in [0.05, 0.1) is 12.2 Å². The molecule has 9 heteroatoms. The summed E-state index contributed by atoms with van der Waals surface area (Å²) in [6.07, 6.45) is 2.36. The second-order valence-corrected chi connectivity index (χ2v) is 5.57. The second-order valence-electron chi connectivity index (χ2n) is 5.57. The number of ether oxygens (including phenoxy) is 1. The van der Waals surface area contributed by atoms with E-state index in [9.17, 15) is 9.59 Å². The molecule has 1 heterocycles. The highest BCUT2D eigenvalue weighted by molar-refractivity contribution is 6.00. The van der Waals surface area contributed by atoms with Gasteiger partial charge in [-0.3, -0.25) is 4.79 Å². The van der Waals surface area contributed by atoms with Gasteiger partial charge >= 0.3 is 5.97 Å². The fourth-order valence-electron chi connectivity index (χ4n) is 2.49. The summed E-state index contributed by atoms with van der Waals surface area (Å²) in [6.45, 7) is 1.80. The molecule has 0 radical (unpaired) electrons. The van der Waals surface area contributed by atoms with Crippen LogP contribution in [0.2, 0.25) is 0 Å². The Balaban J connectivity index is 1.51. The molecule has 136 valence electrons. The number of hydrogen-bond acceptors (Lipinski definition) is 8. The highest BCUT2D eigenvalue weighted by atomic mass is 16.6. The molecule has 9 nitrogen and oxygen atoms in total. The van der Waals surface area contributed by atoms with Gasteiger partial charge in [0.25, 0.3) is 5.91 Å². The molecular weight excluding hydrogens is 340 g/mol. The molecule has 1 aromatic carbocycles. The molecule has 3 rings (SSSR count). The number of nitrogens with zero attached hydrogens (tertiary/aromatic N) is 3. The number of nitrogens with one attached hydrogen (secondary N) is 1. The number of fused-ring (bicyclic) bond motifs is 1. The van der Waals surface area contributed by atoms with Gasteiger partial charge in [-0.15, -0.1) is 0 Å². The number of aromatic nitrogens is 2. The maximum atomic E-state index is 11.9. The molecule has 0 aliphatic heterocycles. The zero-order valence-corrected chi connectivity index (χ0v) is 14.2. The van der Waals surface area contributed by atoms with Crippen molar-refractivity contribution in [3.63, 3.8) is 0 Å². The van der Waals surface area contributed by atoms with Crippen LogP contribution in [0.4, 0.5) is 5.69 Å². The Morgan fingerprint density at radius 3 is 2.81 bits per heavy atom. The van der Waals surface area contributed by atoms with Crippen molar-refractivity contribution in [3.8, 4) is 0 Å². The summed E-state index contributed by atoms with van der Waals surface area (Å²) in [5.41, 5.74) is 2.93. The lowest BCUT2D eigenvalue weighted by Gasteiger charge is -2.09. The Morgan fingerprint density at radius 2 is 2.04 bits per heavy atom. The van der Waals surface area contributed by atoms with Crippen LogP contribution in [0.3, 0.4) is 0 Å². The normalized spacial score (nSPS) is 14.6. The standard InChI is InChI=1S/C17H18N4O5/c1-2-24-17(23)11-6-8-12(9-7-11)18-15(22)10-25-19-13-4-3-5-14-16(13)21-26-20-14/h6-9H,2-5,10H2,1H3,(H,18,22)/b19-13+. The molecule has 0 bridgehead atoms. The number of benzene rings is 1. The number of amides is 1.